The molecule has 41 heavy (non-hydrogen) atoms. The predicted octanol–water partition coefficient (Wildman–Crippen LogP) is 5.43. The SMILES string of the molecule is C[C@@H]1[C@H](CN(C)Cc2ccccc2)O[C@H](c2ccc(CNC(=O)c3cccnc3)cc2)O[C@@H]1c1ccc(CO)cc1. The van der Waals surface area contributed by atoms with Gasteiger partial charge in [-0.1, -0.05) is 85.8 Å². The van der Waals surface area contributed by atoms with Gasteiger partial charge in [0.1, 0.15) is 0 Å². The molecule has 1 amide bonds. The molecule has 3 aromatic carbocycles. The monoisotopic (exact) mass is 551 g/mol. The van der Waals surface area contributed by atoms with E-state index in [0.717, 1.165) is 35.3 Å². The number of aliphatic hydroxyl groups is 1. The number of hydrogen-bond acceptors (Lipinski definition) is 6. The summed E-state index contributed by atoms with van der Waals surface area (Å²) in [6.45, 7) is 4.17. The van der Waals surface area contributed by atoms with Crippen LogP contribution in [0.15, 0.2) is 103 Å². The van der Waals surface area contributed by atoms with Crippen LogP contribution >= 0.6 is 0 Å². The van der Waals surface area contributed by atoms with Gasteiger partial charge in [0.05, 0.1) is 24.4 Å². The molecule has 0 saturated carbocycles. The minimum absolute atomic E-state index is 0.00897. The lowest BCUT2D eigenvalue weighted by molar-refractivity contribution is -0.276. The van der Waals surface area contributed by atoms with Gasteiger partial charge in [-0.3, -0.25) is 14.7 Å². The normalized spacial score (nSPS) is 20.6. The van der Waals surface area contributed by atoms with E-state index in [1.807, 2.05) is 54.6 Å². The maximum atomic E-state index is 12.4. The molecular formula is C34H37N3O4. The second-order valence-corrected chi connectivity index (χ2v) is 10.7. The minimum atomic E-state index is -0.539. The Bertz CT molecular complexity index is 1380. The Labute approximate surface area is 241 Å². The van der Waals surface area contributed by atoms with Crippen molar-refractivity contribution in [2.75, 3.05) is 13.6 Å². The second-order valence-electron chi connectivity index (χ2n) is 10.7. The molecule has 1 aliphatic heterocycles. The first-order chi connectivity index (χ1) is 20.0. The highest BCUT2D eigenvalue weighted by Gasteiger charge is 2.38. The number of nitrogens with zero attached hydrogens (tertiary/aromatic N) is 2. The van der Waals surface area contributed by atoms with E-state index in [1.165, 1.54) is 5.56 Å². The van der Waals surface area contributed by atoms with Crippen molar-refractivity contribution >= 4 is 5.91 Å². The lowest BCUT2D eigenvalue weighted by Gasteiger charge is -2.42. The van der Waals surface area contributed by atoms with E-state index in [-0.39, 0.29) is 30.6 Å². The standard InChI is InChI=1S/C34H37N3O4/c1-24-31(22-37(2)21-26-7-4-3-5-8-26)40-34(41-32(24)28-14-12-27(23-38)13-15-28)29-16-10-25(11-17-29)19-36-33(39)30-9-6-18-35-20-30/h3-18,20,24,31-32,34,38H,19,21-23H2,1-2H3,(H,36,39)/t24-,31+,32+,34+/m1/s1. The zero-order valence-electron chi connectivity index (χ0n) is 23.5. The van der Waals surface area contributed by atoms with Crippen LogP contribution < -0.4 is 5.32 Å². The van der Waals surface area contributed by atoms with Gasteiger partial charge in [0.25, 0.3) is 5.91 Å². The molecule has 5 rings (SSSR count). The van der Waals surface area contributed by atoms with Crippen LogP contribution in [0.25, 0.3) is 0 Å². The Morgan fingerprint density at radius 3 is 2.27 bits per heavy atom. The van der Waals surface area contributed by atoms with Crippen molar-refractivity contribution in [2.24, 2.45) is 5.92 Å². The molecular weight excluding hydrogens is 514 g/mol. The first-order valence-corrected chi connectivity index (χ1v) is 14.0. The Hall–Kier alpha value is -3.88. The first-order valence-electron chi connectivity index (χ1n) is 14.0. The third kappa shape index (κ3) is 7.45. The summed E-state index contributed by atoms with van der Waals surface area (Å²) in [4.78, 5) is 18.7. The summed E-state index contributed by atoms with van der Waals surface area (Å²) in [7, 11) is 2.12. The van der Waals surface area contributed by atoms with Crippen LogP contribution in [0.5, 0.6) is 0 Å². The number of aliphatic hydroxyl groups excluding tert-OH is 1. The highest BCUT2D eigenvalue weighted by molar-refractivity contribution is 5.93. The van der Waals surface area contributed by atoms with Crippen molar-refractivity contribution in [1.82, 2.24) is 15.2 Å². The number of aromatic nitrogens is 1. The molecule has 0 aliphatic carbocycles. The molecule has 1 fully saturated rings. The van der Waals surface area contributed by atoms with Gasteiger partial charge < -0.3 is 19.9 Å². The predicted molar refractivity (Wildman–Crippen MR) is 158 cm³/mol. The number of likely N-dealkylation sites (N-methyl/N-ethyl adjacent to an activating group) is 1. The lowest BCUT2D eigenvalue weighted by Crippen LogP contribution is -2.43. The number of carbonyl (C=O) groups is 1. The number of pyridine rings is 1. The van der Waals surface area contributed by atoms with Crippen LogP contribution in [0, 0.1) is 5.92 Å². The number of rotatable bonds is 10. The second kappa shape index (κ2) is 13.7. The number of benzene rings is 3. The molecule has 1 aliphatic rings. The van der Waals surface area contributed by atoms with Crippen molar-refractivity contribution in [3.8, 4) is 0 Å². The van der Waals surface area contributed by atoms with Crippen molar-refractivity contribution in [3.63, 3.8) is 0 Å². The van der Waals surface area contributed by atoms with E-state index in [0.29, 0.717) is 12.1 Å². The Kier molecular flexibility index (Phi) is 9.54. The maximum absolute atomic E-state index is 12.4. The number of amides is 1. The molecule has 7 nitrogen and oxygen atoms in total. The molecule has 4 atom stereocenters. The van der Waals surface area contributed by atoms with Gasteiger partial charge in [-0.15, -0.1) is 0 Å². The largest absolute Gasteiger partial charge is 0.392 e. The summed E-state index contributed by atoms with van der Waals surface area (Å²) in [6, 6.07) is 29.9. The summed E-state index contributed by atoms with van der Waals surface area (Å²) in [6.07, 6.45) is 2.42. The van der Waals surface area contributed by atoms with Crippen LogP contribution in [-0.4, -0.2) is 40.6 Å². The number of hydrogen-bond donors (Lipinski definition) is 2. The molecule has 7 heteroatoms. The highest BCUT2D eigenvalue weighted by Crippen LogP contribution is 2.41. The molecule has 0 spiro atoms. The summed E-state index contributed by atoms with van der Waals surface area (Å²) in [5.74, 6) is -0.0564. The number of carbonyl (C=O) groups excluding carboxylic acids is 1. The van der Waals surface area contributed by atoms with Gasteiger partial charge in [-0.25, -0.2) is 0 Å². The molecule has 4 aromatic rings. The highest BCUT2D eigenvalue weighted by atomic mass is 16.7. The average Bonchev–Trinajstić information content (AvgIpc) is 3.02. The lowest BCUT2D eigenvalue weighted by atomic mass is 9.90. The average molecular weight is 552 g/mol. The molecule has 1 saturated heterocycles. The van der Waals surface area contributed by atoms with Crippen LogP contribution in [0.1, 0.15) is 57.5 Å². The van der Waals surface area contributed by atoms with Crippen molar-refractivity contribution in [1.29, 1.82) is 0 Å². The fourth-order valence-corrected chi connectivity index (χ4v) is 5.17. The van der Waals surface area contributed by atoms with Crippen LogP contribution in [0.4, 0.5) is 0 Å². The van der Waals surface area contributed by atoms with Gasteiger partial charge in [0.2, 0.25) is 0 Å². The van der Waals surface area contributed by atoms with E-state index >= 15 is 0 Å². The zero-order valence-corrected chi connectivity index (χ0v) is 23.5. The Morgan fingerprint density at radius 2 is 1.59 bits per heavy atom. The molecule has 0 bridgehead atoms. The quantitative estimate of drug-likeness (QED) is 0.274. The van der Waals surface area contributed by atoms with E-state index in [2.05, 4.69) is 53.4 Å². The van der Waals surface area contributed by atoms with E-state index < -0.39 is 6.29 Å². The maximum Gasteiger partial charge on any atom is 0.253 e. The topological polar surface area (TPSA) is 83.9 Å². The smallest absolute Gasteiger partial charge is 0.253 e. The van der Waals surface area contributed by atoms with Gasteiger partial charge in [-0.05, 0) is 41.4 Å². The van der Waals surface area contributed by atoms with Crippen LogP contribution in [0.3, 0.4) is 0 Å². The van der Waals surface area contributed by atoms with Crippen LogP contribution in [0.2, 0.25) is 0 Å². The van der Waals surface area contributed by atoms with E-state index in [9.17, 15) is 9.90 Å². The molecule has 212 valence electrons. The number of ether oxygens (including phenoxy) is 2. The van der Waals surface area contributed by atoms with Crippen LogP contribution in [-0.2, 0) is 29.2 Å². The first kappa shape index (κ1) is 28.6. The molecule has 1 aromatic heterocycles. The van der Waals surface area contributed by atoms with Gasteiger partial charge in [-0.2, -0.15) is 0 Å². The Morgan fingerprint density at radius 1 is 0.878 bits per heavy atom. The molecule has 0 radical (unpaired) electrons. The fourth-order valence-electron chi connectivity index (χ4n) is 5.17. The number of nitrogens with one attached hydrogen (secondary N) is 1. The zero-order chi connectivity index (χ0) is 28.6. The summed E-state index contributed by atoms with van der Waals surface area (Å²) in [5.41, 5.74) is 5.62. The van der Waals surface area contributed by atoms with Crippen molar-refractivity contribution < 1.29 is 19.4 Å². The third-order valence-electron chi connectivity index (χ3n) is 7.54. The van der Waals surface area contributed by atoms with E-state index in [4.69, 9.17) is 9.47 Å². The fraction of sp³-hybridized carbons (Fsp3) is 0.294. The van der Waals surface area contributed by atoms with E-state index in [1.54, 1.807) is 24.5 Å². The third-order valence-corrected chi connectivity index (χ3v) is 7.54. The molecule has 0 unspecified atom stereocenters. The molecule has 2 heterocycles. The Balaban J connectivity index is 1.30. The summed E-state index contributed by atoms with van der Waals surface area (Å²) in [5, 5.41) is 12.5. The summed E-state index contributed by atoms with van der Waals surface area (Å²) >= 11 is 0. The van der Waals surface area contributed by atoms with Gasteiger partial charge >= 0.3 is 0 Å². The van der Waals surface area contributed by atoms with Gasteiger partial charge in [0, 0.05) is 43.5 Å². The minimum Gasteiger partial charge on any atom is -0.392 e. The van der Waals surface area contributed by atoms with Crippen molar-refractivity contribution in [3.05, 3.63) is 137 Å². The molecule has 2 N–H and O–H groups in total. The van der Waals surface area contributed by atoms with Crippen molar-refractivity contribution in [2.45, 2.75) is 45.1 Å². The van der Waals surface area contributed by atoms with Gasteiger partial charge in [0.15, 0.2) is 6.29 Å². The summed E-state index contributed by atoms with van der Waals surface area (Å²) < 4.78 is 13.2.